The van der Waals surface area contributed by atoms with Crippen LogP contribution in [0.15, 0.2) is 43.0 Å². The largest absolute Gasteiger partial charge is 0.321 e. The van der Waals surface area contributed by atoms with Crippen molar-refractivity contribution in [2.24, 2.45) is 5.73 Å². The number of halogens is 1. The highest BCUT2D eigenvalue weighted by atomic mass is 35.5. The highest BCUT2D eigenvalue weighted by Gasteiger charge is 2.17. The molecular weight excluding hydrogens is 182 g/mol. The van der Waals surface area contributed by atoms with Crippen molar-refractivity contribution in [3.63, 3.8) is 0 Å². The van der Waals surface area contributed by atoms with E-state index in [-0.39, 0.29) is 17.9 Å². The van der Waals surface area contributed by atoms with Gasteiger partial charge in [-0.25, -0.2) is 0 Å². The molecule has 0 heterocycles. The number of hydrogen-bond acceptors (Lipinski definition) is 1. The molecule has 1 aromatic carbocycles. The quantitative estimate of drug-likeness (QED) is 0.741. The summed E-state index contributed by atoms with van der Waals surface area (Å²) in [7, 11) is 0. The maximum atomic E-state index is 6.08. The van der Waals surface area contributed by atoms with Gasteiger partial charge in [0, 0.05) is 5.54 Å². The van der Waals surface area contributed by atoms with Crippen LogP contribution in [-0.2, 0) is 5.54 Å². The van der Waals surface area contributed by atoms with Crippen LogP contribution < -0.4 is 5.73 Å². The second-order valence-electron chi connectivity index (χ2n) is 3.28. The minimum atomic E-state index is -0.275. The van der Waals surface area contributed by atoms with Crippen LogP contribution in [0.1, 0.15) is 18.9 Å². The Balaban J connectivity index is 0.00000144. The first-order valence-corrected chi connectivity index (χ1v) is 4.12. The van der Waals surface area contributed by atoms with Crippen LogP contribution in [0.5, 0.6) is 0 Å². The van der Waals surface area contributed by atoms with Gasteiger partial charge in [0.2, 0.25) is 0 Å². The molecule has 0 fully saturated rings. The van der Waals surface area contributed by atoms with Crippen LogP contribution in [0.4, 0.5) is 0 Å². The molecule has 0 aliphatic heterocycles. The van der Waals surface area contributed by atoms with Crippen molar-refractivity contribution in [2.75, 3.05) is 0 Å². The van der Waals surface area contributed by atoms with Gasteiger partial charge in [0.05, 0.1) is 0 Å². The molecule has 13 heavy (non-hydrogen) atoms. The van der Waals surface area contributed by atoms with Crippen molar-refractivity contribution in [2.45, 2.75) is 18.9 Å². The average molecular weight is 198 g/mol. The Bertz CT molecular complexity index is 254. The summed E-state index contributed by atoms with van der Waals surface area (Å²) in [5, 5.41) is 0. The van der Waals surface area contributed by atoms with Gasteiger partial charge in [0.15, 0.2) is 0 Å². The minimum absolute atomic E-state index is 0. The Morgan fingerprint density at radius 3 is 2.38 bits per heavy atom. The highest BCUT2D eigenvalue weighted by molar-refractivity contribution is 5.85. The zero-order valence-corrected chi connectivity index (χ0v) is 8.68. The Kier molecular flexibility index (Phi) is 4.74. The molecule has 0 aromatic heterocycles. The standard InChI is InChI=1S/C11H15N.ClH/c1-3-9-11(2,12)10-7-5-4-6-8-10;/h3-8H,1,9,12H2,2H3;1H/t11-;/m0./s1. The van der Waals surface area contributed by atoms with Crippen LogP contribution in [-0.4, -0.2) is 0 Å². The van der Waals surface area contributed by atoms with Crippen LogP contribution in [0.25, 0.3) is 0 Å². The highest BCUT2D eigenvalue weighted by Crippen LogP contribution is 2.20. The number of rotatable bonds is 3. The van der Waals surface area contributed by atoms with E-state index < -0.39 is 0 Å². The molecule has 0 unspecified atom stereocenters. The summed E-state index contributed by atoms with van der Waals surface area (Å²) < 4.78 is 0. The van der Waals surface area contributed by atoms with Crippen LogP contribution in [0.3, 0.4) is 0 Å². The molecule has 2 heteroatoms. The molecule has 1 atom stereocenters. The lowest BCUT2D eigenvalue weighted by Crippen LogP contribution is -2.32. The molecule has 1 nitrogen and oxygen atoms in total. The van der Waals surface area contributed by atoms with Gasteiger partial charge in [0.25, 0.3) is 0 Å². The molecular formula is C11H16ClN. The molecule has 0 aliphatic carbocycles. The fourth-order valence-electron chi connectivity index (χ4n) is 1.24. The van der Waals surface area contributed by atoms with Crippen molar-refractivity contribution in [3.8, 4) is 0 Å². The summed E-state index contributed by atoms with van der Waals surface area (Å²) in [6, 6.07) is 10.1. The van der Waals surface area contributed by atoms with E-state index in [0.29, 0.717) is 0 Å². The predicted molar refractivity (Wildman–Crippen MR) is 60.0 cm³/mol. The predicted octanol–water partition coefficient (Wildman–Crippen LogP) is 2.86. The number of benzene rings is 1. The molecule has 0 amide bonds. The van der Waals surface area contributed by atoms with Crippen molar-refractivity contribution < 1.29 is 0 Å². The second kappa shape index (κ2) is 5.05. The third-order valence-electron chi connectivity index (χ3n) is 2.00. The normalized spacial score (nSPS) is 14.0. The molecule has 0 bridgehead atoms. The van der Waals surface area contributed by atoms with E-state index in [9.17, 15) is 0 Å². The van der Waals surface area contributed by atoms with E-state index in [1.165, 1.54) is 0 Å². The Hall–Kier alpha value is -0.790. The summed E-state index contributed by atoms with van der Waals surface area (Å²) in [5.41, 5.74) is 6.96. The maximum Gasteiger partial charge on any atom is 0.0415 e. The van der Waals surface area contributed by atoms with Gasteiger partial charge in [-0.15, -0.1) is 19.0 Å². The van der Waals surface area contributed by atoms with E-state index >= 15 is 0 Å². The Morgan fingerprint density at radius 1 is 1.38 bits per heavy atom. The van der Waals surface area contributed by atoms with E-state index in [4.69, 9.17) is 5.73 Å². The molecule has 0 aliphatic rings. The van der Waals surface area contributed by atoms with Gasteiger partial charge in [-0.05, 0) is 18.9 Å². The van der Waals surface area contributed by atoms with Crippen LogP contribution in [0.2, 0.25) is 0 Å². The van der Waals surface area contributed by atoms with Gasteiger partial charge in [-0.3, -0.25) is 0 Å². The molecule has 2 N–H and O–H groups in total. The van der Waals surface area contributed by atoms with E-state index in [1.54, 1.807) is 0 Å². The average Bonchev–Trinajstić information content (AvgIpc) is 2.06. The van der Waals surface area contributed by atoms with Gasteiger partial charge in [0.1, 0.15) is 0 Å². The third kappa shape index (κ3) is 3.21. The molecule has 72 valence electrons. The molecule has 1 rings (SSSR count). The van der Waals surface area contributed by atoms with Crippen LogP contribution >= 0.6 is 12.4 Å². The van der Waals surface area contributed by atoms with Crippen molar-refractivity contribution >= 4 is 12.4 Å². The maximum absolute atomic E-state index is 6.08. The fourth-order valence-corrected chi connectivity index (χ4v) is 1.24. The van der Waals surface area contributed by atoms with Gasteiger partial charge < -0.3 is 5.73 Å². The summed E-state index contributed by atoms with van der Waals surface area (Å²) in [6.07, 6.45) is 2.66. The summed E-state index contributed by atoms with van der Waals surface area (Å²) in [5.74, 6) is 0. The van der Waals surface area contributed by atoms with Gasteiger partial charge in [-0.2, -0.15) is 0 Å². The van der Waals surface area contributed by atoms with Crippen molar-refractivity contribution in [1.29, 1.82) is 0 Å². The first-order valence-electron chi connectivity index (χ1n) is 4.12. The third-order valence-corrected chi connectivity index (χ3v) is 2.00. The first kappa shape index (κ1) is 12.2. The monoisotopic (exact) mass is 197 g/mol. The van der Waals surface area contributed by atoms with Crippen molar-refractivity contribution in [1.82, 2.24) is 0 Å². The van der Waals surface area contributed by atoms with Crippen LogP contribution in [0, 0.1) is 0 Å². The zero-order chi connectivity index (χ0) is 9.03. The molecule has 0 saturated carbocycles. The summed E-state index contributed by atoms with van der Waals surface area (Å²) in [4.78, 5) is 0. The summed E-state index contributed by atoms with van der Waals surface area (Å²) >= 11 is 0. The summed E-state index contributed by atoms with van der Waals surface area (Å²) in [6.45, 7) is 5.71. The molecule has 0 radical (unpaired) electrons. The van der Waals surface area contributed by atoms with Gasteiger partial charge in [-0.1, -0.05) is 36.4 Å². The minimum Gasteiger partial charge on any atom is -0.321 e. The molecule has 0 spiro atoms. The molecule has 1 aromatic rings. The second-order valence-corrected chi connectivity index (χ2v) is 3.28. The van der Waals surface area contributed by atoms with E-state index in [0.717, 1.165) is 12.0 Å². The molecule has 0 saturated heterocycles. The topological polar surface area (TPSA) is 26.0 Å². The lowest BCUT2D eigenvalue weighted by molar-refractivity contribution is 0.502. The van der Waals surface area contributed by atoms with Gasteiger partial charge >= 0.3 is 0 Å². The van der Waals surface area contributed by atoms with E-state index in [1.807, 2.05) is 43.3 Å². The fraction of sp³-hybridized carbons (Fsp3) is 0.273. The van der Waals surface area contributed by atoms with E-state index in [2.05, 4.69) is 6.58 Å². The number of nitrogens with two attached hydrogens (primary N) is 1. The Labute approximate surface area is 86.1 Å². The SMILES string of the molecule is C=CC[C@](C)(N)c1ccccc1.Cl. The smallest absolute Gasteiger partial charge is 0.0415 e. The lowest BCUT2D eigenvalue weighted by atomic mass is 9.90. The first-order chi connectivity index (χ1) is 5.67. The Morgan fingerprint density at radius 2 is 1.92 bits per heavy atom. The zero-order valence-electron chi connectivity index (χ0n) is 7.86. The number of hydrogen-bond donors (Lipinski definition) is 1. The van der Waals surface area contributed by atoms with Crippen molar-refractivity contribution in [3.05, 3.63) is 48.6 Å². The lowest BCUT2D eigenvalue weighted by Gasteiger charge is -2.23.